The quantitative estimate of drug-likeness (QED) is 0.0707. The van der Waals surface area contributed by atoms with Crippen LogP contribution in [-0.2, 0) is 5.41 Å². The van der Waals surface area contributed by atoms with Gasteiger partial charge in [0.1, 0.15) is 0 Å². The van der Waals surface area contributed by atoms with Crippen LogP contribution in [0.3, 0.4) is 0 Å². The minimum absolute atomic E-state index is 0.650. The van der Waals surface area contributed by atoms with Crippen LogP contribution in [0.4, 0.5) is 22.7 Å². The lowest BCUT2D eigenvalue weighted by molar-refractivity contribution is 0.744. The molecule has 4 nitrogen and oxygen atoms in total. The molecular weight excluding hydrogens is 837 g/mol. The minimum atomic E-state index is -0.650. The number of benzene rings is 8. The molecule has 0 spiro atoms. The van der Waals surface area contributed by atoms with E-state index in [9.17, 15) is 0 Å². The lowest BCUT2D eigenvalue weighted by atomic mass is 9.64. The molecular formula is C65H64N4. The maximum atomic E-state index is 2.32. The zero-order chi connectivity index (χ0) is 48.3. The molecule has 0 aromatic heterocycles. The van der Waals surface area contributed by atoms with Gasteiger partial charge in [-0.25, -0.2) is 0 Å². The maximum Gasteiger partial charge on any atom is 0.0701 e. The molecule has 0 amide bonds. The van der Waals surface area contributed by atoms with Crippen LogP contribution in [0.5, 0.6) is 0 Å². The van der Waals surface area contributed by atoms with Crippen LogP contribution in [0, 0.1) is 0 Å². The van der Waals surface area contributed by atoms with Crippen molar-refractivity contribution in [3.05, 3.63) is 261 Å². The van der Waals surface area contributed by atoms with Gasteiger partial charge in [0, 0.05) is 79.1 Å². The molecule has 0 saturated carbocycles. The predicted molar refractivity (Wildman–Crippen MR) is 304 cm³/mol. The van der Waals surface area contributed by atoms with Crippen molar-refractivity contribution >= 4 is 71.4 Å². The molecule has 0 N–H and O–H groups in total. The second-order valence-corrected chi connectivity index (χ2v) is 18.5. The Balaban J connectivity index is 1.21. The molecule has 0 heterocycles. The van der Waals surface area contributed by atoms with Crippen LogP contribution in [0.15, 0.2) is 194 Å². The number of anilines is 4. The summed E-state index contributed by atoms with van der Waals surface area (Å²) in [6.07, 6.45) is 17.6. The van der Waals surface area contributed by atoms with Crippen LogP contribution in [-0.4, -0.2) is 56.4 Å². The van der Waals surface area contributed by atoms with Gasteiger partial charge in [-0.2, -0.15) is 0 Å². The van der Waals surface area contributed by atoms with Gasteiger partial charge in [0.25, 0.3) is 0 Å². The minimum Gasteiger partial charge on any atom is -0.378 e. The van der Waals surface area contributed by atoms with Gasteiger partial charge in [0.2, 0.25) is 0 Å². The van der Waals surface area contributed by atoms with Crippen molar-refractivity contribution in [1.29, 1.82) is 0 Å². The standard InChI is InChI=1S/C65H64N4/c1-66(2)61-41-25-53(26-42-61)13-9-49-17-33-57(34-18-49)65(58-35-19-50(20-36-58)10-14-54-27-43-62(44-28-54)67(3)4,59-37-21-51(22-38-59)11-15-55-29-45-63(46-30-55)68(5)6)60-39-23-52(24-40-60)12-16-56-31-47-64(48-32-56)69(7)8/h9-48H,1-8H3/b13-9+,14-10+,15-11+,16-12+. The van der Waals surface area contributed by atoms with Gasteiger partial charge in [-0.3, -0.25) is 0 Å². The Labute approximate surface area is 411 Å². The summed E-state index contributed by atoms with van der Waals surface area (Å²) in [5.74, 6) is 0. The Morgan fingerprint density at radius 1 is 0.203 bits per heavy atom. The maximum absolute atomic E-state index is 2.32. The van der Waals surface area contributed by atoms with Crippen molar-refractivity contribution in [3.8, 4) is 0 Å². The molecule has 8 rings (SSSR count). The zero-order valence-electron chi connectivity index (χ0n) is 41.4. The zero-order valence-corrected chi connectivity index (χ0v) is 41.4. The Morgan fingerprint density at radius 2 is 0.333 bits per heavy atom. The fourth-order valence-corrected chi connectivity index (χ4v) is 8.68. The molecule has 69 heavy (non-hydrogen) atoms. The molecule has 344 valence electrons. The van der Waals surface area contributed by atoms with Crippen LogP contribution in [0.25, 0.3) is 48.6 Å². The fourth-order valence-electron chi connectivity index (χ4n) is 8.68. The summed E-state index contributed by atoms with van der Waals surface area (Å²) in [5.41, 5.74) is 18.1. The third-order valence-electron chi connectivity index (χ3n) is 12.9. The second kappa shape index (κ2) is 21.7. The highest BCUT2D eigenvalue weighted by atomic mass is 15.1. The average molecular weight is 901 g/mol. The summed E-state index contributed by atoms with van der Waals surface area (Å²) < 4.78 is 0. The molecule has 8 aromatic rings. The molecule has 0 radical (unpaired) electrons. The molecule has 0 unspecified atom stereocenters. The van der Waals surface area contributed by atoms with Gasteiger partial charge in [0.05, 0.1) is 5.41 Å². The van der Waals surface area contributed by atoms with Crippen LogP contribution < -0.4 is 19.6 Å². The summed E-state index contributed by atoms with van der Waals surface area (Å²) >= 11 is 0. The van der Waals surface area contributed by atoms with E-state index in [0.29, 0.717) is 0 Å². The van der Waals surface area contributed by atoms with Crippen LogP contribution in [0.1, 0.15) is 66.8 Å². The van der Waals surface area contributed by atoms with Gasteiger partial charge in [0.15, 0.2) is 0 Å². The van der Waals surface area contributed by atoms with Crippen molar-refractivity contribution < 1.29 is 0 Å². The number of hydrogen-bond acceptors (Lipinski definition) is 4. The van der Waals surface area contributed by atoms with E-state index in [0.717, 1.165) is 44.5 Å². The van der Waals surface area contributed by atoms with Crippen LogP contribution in [0.2, 0.25) is 0 Å². The lowest BCUT2D eigenvalue weighted by Gasteiger charge is -2.37. The van der Waals surface area contributed by atoms with E-state index >= 15 is 0 Å². The van der Waals surface area contributed by atoms with E-state index in [1.54, 1.807) is 0 Å². The molecule has 0 aliphatic rings. The summed E-state index contributed by atoms with van der Waals surface area (Å²) in [6.45, 7) is 0. The van der Waals surface area contributed by atoms with E-state index in [1.807, 2.05) is 0 Å². The predicted octanol–water partition coefficient (Wildman–Crippen LogP) is 15.0. The monoisotopic (exact) mass is 901 g/mol. The number of nitrogens with zero attached hydrogens (tertiary/aromatic N) is 4. The van der Waals surface area contributed by atoms with Crippen molar-refractivity contribution in [2.75, 3.05) is 76.0 Å². The Morgan fingerprint density at radius 3 is 0.464 bits per heavy atom. The van der Waals surface area contributed by atoms with Crippen molar-refractivity contribution in [1.82, 2.24) is 0 Å². The van der Waals surface area contributed by atoms with E-state index in [-0.39, 0.29) is 0 Å². The van der Waals surface area contributed by atoms with E-state index < -0.39 is 5.41 Å². The summed E-state index contributed by atoms with van der Waals surface area (Å²) in [4.78, 5) is 8.50. The van der Waals surface area contributed by atoms with Gasteiger partial charge in [-0.15, -0.1) is 0 Å². The number of hydrogen-bond donors (Lipinski definition) is 0. The van der Waals surface area contributed by atoms with E-state index in [2.05, 4.69) is 319 Å². The first-order chi connectivity index (χ1) is 33.4. The van der Waals surface area contributed by atoms with E-state index in [4.69, 9.17) is 0 Å². The molecule has 0 aliphatic heterocycles. The topological polar surface area (TPSA) is 13.0 Å². The van der Waals surface area contributed by atoms with Crippen molar-refractivity contribution in [3.63, 3.8) is 0 Å². The van der Waals surface area contributed by atoms with Gasteiger partial charge in [-0.1, -0.05) is 194 Å². The second-order valence-electron chi connectivity index (χ2n) is 18.5. The van der Waals surface area contributed by atoms with Crippen molar-refractivity contribution in [2.24, 2.45) is 0 Å². The molecule has 0 saturated heterocycles. The fraction of sp³-hybridized carbons (Fsp3) is 0.138. The number of rotatable bonds is 16. The summed E-state index contributed by atoms with van der Waals surface area (Å²) in [6, 6.07) is 71.2. The largest absolute Gasteiger partial charge is 0.378 e. The molecule has 0 fully saturated rings. The summed E-state index contributed by atoms with van der Waals surface area (Å²) in [7, 11) is 16.6. The molecule has 0 aliphatic carbocycles. The third kappa shape index (κ3) is 11.6. The first-order valence-corrected chi connectivity index (χ1v) is 23.7. The first-order valence-electron chi connectivity index (χ1n) is 23.7. The Hall–Kier alpha value is -8.08. The van der Waals surface area contributed by atoms with E-state index in [1.165, 1.54) is 45.0 Å². The highest BCUT2D eigenvalue weighted by molar-refractivity contribution is 5.76. The SMILES string of the molecule is CN(C)c1ccc(/C=C/c2ccc(C(c3ccc(/C=C/c4ccc(N(C)C)cc4)cc3)(c3ccc(/C=C/c4ccc(N(C)C)cc4)cc3)c3ccc(/C=C/c4ccc(N(C)C)cc4)cc3)cc2)cc1. The molecule has 8 aromatic carbocycles. The van der Waals surface area contributed by atoms with Gasteiger partial charge < -0.3 is 19.6 Å². The third-order valence-corrected chi connectivity index (χ3v) is 12.9. The smallest absolute Gasteiger partial charge is 0.0701 e. The molecule has 0 bridgehead atoms. The van der Waals surface area contributed by atoms with Crippen LogP contribution >= 0.6 is 0 Å². The van der Waals surface area contributed by atoms with Crippen molar-refractivity contribution in [2.45, 2.75) is 5.41 Å². The average Bonchev–Trinajstić information content (AvgIpc) is 3.38. The summed E-state index contributed by atoms with van der Waals surface area (Å²) in [5, 5.41) is 0. The molecule has 4 heteroatoms. The molecule has 0 atom stereocenters. The Bertz CT molecular complexity index is 2580. The van der Waals surface area contributed by atoms with Gasteiger partial charge >= 0.3 is 0 Å². The highest BCUT2D eigenvalue weighted by Gasteiger charge is 2.38. The van der Waals surface area contributed by atoms with Gasteiger partial charge in [-0.05, 0) is 115 Å². The normalized spacial score (nSPS) is 11.8. The first kappa shape index (κ1) is 47.4. The highest BCUT2D eigenvalue weighted by Crippen LogP contribution is 2.46. The lowest BCUT2D eigenvalue weighted by Crippen LogP contribution is -2.31. The Kier molecular flexibility index (Phi) is 14.9.